The quantitative estimate of drug-likeness (QED) is 0.639. The van der Waals surface area contributed by atoms with Crippen LogP contribution in [0.1, 0.15) is 12.8 Å². The van der Waals surface area contributed by atoms with E-state index in [0.29, 0.717) is 22.3 Å². The van der Waals surface area contributed by atoms with Crippen LogP contribution in [0.5, 0.6) is 5.75 Å². The highest BCUT2D eigenvalue weighted by Gasteiger charge is 2.29. The maximum atomic E-state index is 12.1. The standard InChI is InChI=1S/C20H18N4O3S/c25-18(24-20-23-17(12-28-20)16-6-1-2-9-21-16)11-27-15-5-3-4-14(10-15)22-19(26)13-7-8-13/h1-6,9-10,12-13H,7-8,11H2,(H,22,26)(H,23,24,25). The van der Waals surface area contributed by atoms with Crippen molar-refractivity contribution in [1.82, 2.24) is 9.97 Å². The first-order valence-corrected chi connectivity index (χ1v) is 9.76. The van der Waals surface area contributed by atoms with E-state index in [1.165, 1.54) is 11.3 Å². The second-order valence-electron chi connectivity index (χ2n) is 6.38. The summed E-state index contributed by atoms with van der Waals surface area (Å²) in [7, 11) is 0. The van der Waals surface area contributed by atoms with E-state index >= 15 is 0 Å². The Morgan fingerprint density at radius 3 is 2.79 bits per heavy atom. The zero-order chi connectivity index (χ0) is 19.3. The van der Waals surface area contributed by atoms with Crippen LogP contribution < -0.4 is 15.4 Å². The van der Waals surface area contributed by atoms with Crippen molar-refractivity contribution in [3.63, 3.8) is 0 Å². The van der Waals surface area contributed by atoms with Crippen LogP contribution in [-0.4, -0.2) is 28.4 Å². The van der Waals surface area contributed by atoms with E-state index in [9.17, 15) is 9.59 Å². The van der Waals surface area contributed by atoms with Crippen LogP contribution in [0, 0.1) is 5.92 Å². The van der Waals surface area contributed by atoms with E-state index in [1.54, 1.807) is 30.5 Å². The molecule has 1 aliphatic rings. The van der Waals surface area contributed by atoms with Gasteiger partial charge in [-0.05, 0) is 37.1 Å². The van der Waals surface area contributed by atoms with E-state index in [1.807, 2.05) is 23.6 Å². The molecule has 0 unspecified atom stereocenters. The lowest BCUT2D eigenvalue weighted by atomic mass is 10.3. The summed E-state index contributed by atoms with van der Waals surface area (Å²) in [6, 6.07) is 12.6. The van der Waals surface area contributed by atoms with E-state index in [4.69, 9.17) is 4.74 Å². The van der Waals surface area contributed by atoms with Gasteiger partial charge in [0.2, 0.25) is 5.91 Å². The van der Waals surface area contributed by atoms with Crippen LogP contribution >= 0.6 is 11.3 Å². The predicted octanol–water partition coefficient (Wildman–Crippen LogP) is 3.57. The molecule has 2 aromatic heterocycles. The van der Waals surface area contributed by atoms with E-state index in [2.05, 4.69) is 20.6 Å². The van der Waals surface area contributed by atoms with Gasteiger partial charge < -0.3 is 10.1 Å². The molecular formula is C20H18N4O3S. The zero-order valence-electron chi connectivity index (χ0n) is 14.9. The van der Waals surface area contributed by atoms with Gasteiger partial charge in [0.25, 0.3) is 5.91 Å². The highest BCUT2D eigenvalue weighted by molar-refractivity contribution is 7.14. The van der Waals surface area contributed by atoms with Gasteiger partial charge in [0, 0.05) is 29.2 Å². The third-order valence-electron chi connectivity index (χ3n) is 4.10. The second kappa shape index (κ2) is 8.18. The first-order chi connectivity index (χ1) is 13.7. The molecule has 7 nitrogen and oxygen atoms in total. The fraction of sp³-hybridized carbons (Fsp3) is 0.200. The Morgan fingerprint density at radius 2 is 2.00 bits per heavy atom. The molecule has 2 heterocycles. The van der Waals surface area contributed by atoms with Crippen LogP contribution in [0.25, 0.3) is 11.4 Å². The number of benzene rings is 1. The van der Waals surface area contributed by atoms with Gasteiger partial charge in [-0.15, -0.1) is 11.3 Å². The average molecular weight is 394 g/mol. The number of aromatic nitrogens is 2. The Balaban J connectivity index is 1.30. The number of nitrogens with zero attached hydrogens (tertiary/aromatic N) is 2. The molecule has 2 N–H and O–H groups in total. The predicted molar refractivity (Wildman–Crippen MR) is 107 cm³/mol. The van der Waals surface area contributed by atoms with Crippen LogP contribution in [0.15, 0.2) is 54.0 Å². The van der Waals surface area contributed by atoms with Crippen LogP contribution in [0.2, 0.25) is 0 Å². The highest BCUT2D eigenvalue weighted by Crippen LogP contribution is 2.30. The lowest BCUT2D eigenvalue weighted by Gasteiger charge is -2.08. The Hall–Kier alpha value is -3.26. The third kappa shape index (κ3) is 4.72. The molecule has 4 rings (SSSR count). The molecule has 0 spiro atoms. The largest absolute Gasteiger partial charge is 0.484 e. The topological polar surface area (TPSA) is 93.2 Å². The molecule has 0 saturated heterocycles. The molecule has 1 aromatic carbocycles. The number of anilines is 2. The summed E-state index contributed by atoms with van der Waals surface area (Å²) >= 11 is 1.33. The third-order valence-corrected chi connectivity index (χ3v) is 4.86. The number of carbonyl (C=O) groups is 2. The highest BCUT2D eigenvalue weighted by atomic mass is 32.1. The summed E-state index contributed by atoms with van der Waals surface area (Å²) in [5.41, 5.74) is 2.12. The van der Waals surface area contributed by atoms with Crippen molar-refractivity contribution in [1.29, 1.82) is 0 Å². The minimum absolute atomic E-state index is 0.0300. The van der Waals surface area contributed by atoms with Gasteiger partial charge in [-0.2, -0.15) is 0 Å². The lowest BCUT2D eigenvalue weighted by Crippen LogP contribution is -2.20. The van der Waals surface area contributed by atoms with Gasteiger partial charge in [0.15, 0.2) is 11.7 Å². The van der Waals surface area contributed by atoms with Crippen LogP contribution in [0.3, 0.4) is 0 Å². The summed E-state index contributed by atoms with van der Waals surface area (Å²) in [6.45, 7) is -0.154. The molecule has 0 bridgehead atoms. The van der Waals surface area contributed by atoms with Crippen molar-refractivity contribution in [2.45, 2.75) is 12.8 Å². The Bertz CT molecular complexity index is 986. The fourth-order valence-electron chi connectivity index (χ4n) is 2.52. The number of hydrogen-bond acceptors (Lipinski definition) is 6. The molecule has 0 atom stereocenters. The number of amides is 2. The molecular weight excluding hydrogens is 376 g/mol. The molecule has 1 saturated carbocycles. The number of pyridine rings is 1. The number of ether oxygens (including phenoxy) is 1. The van der Waals surface area contributed by atoms with E-state index < -0.39 is 0 Å². The van der Waals surface area contributed by atoms with Crippen molar-refractivity contribution in [3.05, 3.63) is 54.0 Å². The number of rotatable bonds is 7. The van der Waals surface area contributed by atoms with Gasteiger partial charge in [0.05, 0.1) is 5.69 Å². The molecule has 3 aromatic rings. The number of carbonyl (C=O) groups excluding carboxylic acids is 2. The normalized spacial score (nSPS) is 13.0. The van der Waals surface area contributed by atoms with Crippen molar-refractivity contribution >= 4 is 34.0 Å². The molecule has 142 valence electrons. The Kier molecular flexibility index (Phi) is 5.29. The second-order valence-corrected chi connectivity index (χ2v) is 7.24. The molecule has 0 aliphatic heterocycles. The van der Waals surface area contributed by atoms with Crippen molar-refractivity contribution in [3.8, 4) is 17.1 Å². The van der Waals surface area contributed by atoms with Crippen LogP contribution in [-0.2, 0) is 9.59 Å². The Labute approximate surface area is 165 Å². The SMILES string of the molecule is O=C(COc1cccc(NC(=O)C2CC2)c1)Nc1nc(-c2ccccn2)cs1. The minimum Gasteiger partial charge on any atom is -0.484 e. The van der Waals surface area contributed by atoms with Crippen molar-refractivity contribution < 1.29 is 14.3 Å². The number of thiazole rings is 1. The minimum atomic E-state index is -0.311. The van der Waals surface area contributed by atoms with Crippen LogP contribution in [0.4, 0.5) is 10.8 Å². The maximum Gasteiger partial charge on any atom is 0.264 e. The maximum absolute atomic E-state index is 12.1. The van der Waals surface area contributed by atoms with Gasteiger partial charge in [-0.1, -0.05) is 12.1 Å². The summed E-state index contributed by atoms with van der Waals surface area (Å²) < 4.78 is 5.53. The smallest absolute Gasteiger partial charge is 0.264 e. The zero-order valence-corrected chi connectivity index (χ0v) is 15.7. The first kappa shape index (κ1) is 18.1. The van der Waals surface area contributed by atoms with Crippen molar-refractivity contribution in [2.24, 2.45) is 5.92 Å². The molecule has 28 heavy (non-hydrogen) atoms. The lowest BCUT2D eigenvalue weighted by molar-refractivity contribution is -0.118. The summed E-state index contributed by atoms with van der Waals surface area (Å²) in [6.07, 6.45) is 3.59. The number of nitrogens with one attached hydrogen (secondary N) is 2. The molecule has 1 aliphatic carbocycles. The molecule has 8 heteroatoms. The fourth-order valence-corrected chi connectivity index (χ4v) is 3.24. The van der Waals surface area contributed by atoms with Crippen molar-refractivity contribution in [2.75, 3.05) is 17.2 Å². The monoisotopic (exact) mass is 394 g/mol. The molecule has 0 radical (unpaired) electrons. The van der Waals surface area contributed by atoms with Gasteiger partial charge in [-0.25, -0.2) is 4.98 Å². The van der Waals surface area contributed by atoms with Gasteiger partial charge >= 0.3 is 0 Å². The summed E-state index contributed by atoms with van der Waals surface area (Å²) in [5.74, 6) is 0.360. The molecule has 1 fully saturated rings. The first-order valence-electron chi connectivity index (χ1n) is 8.88. The number of hydrogen-bond donors (Lipinski definition) is 2. The van der Waals surface area contributed by atoms with Gasteiger partial charge in [0.1, 0.15) is 11.4 Å². The molecule has 2 amide bonds. The summed E-state index contributed by atoms with van der Waals surface area (Å²) in [4.78, 5) is 32.6. The Morgan fingerprint density at radius 1 is 1.11 bits per heavy atom. The van der Waals surface area contributed by atoms with E-state index in [0.717, 1.165) is 18.5 Å². The van der Waals surface area contributed by atoms with Gasteiger partial charge in [-0.3, -0.25) is 19.9 Å². The van der Waals surface area contributed by atoms with E-state index in [-0.39, 0.29) is 24.3 Å². The average Bonchev–Trinajstić information content (AvgIpc) is 3.47. The summed E-state index contributed by atoms with van der Waals surface area (Å²) in [5, 5.41) is 7.90.